The lowest BCUT2D eigenvalue weighted by molar-refractivity contribution is -0.122. The van der Waals surface area contributed by atoms with Crippen LogP contribution >= 0.6 is 11.6 Å². The molecule has 0 aliphatic rings. The zero-order valence-electron chi connectivity index (χ0n) is 7.90. The molecule has 0 bridgehead atoms. The molecule has 1 aromatic heterocycles. The van der Waals surface area contributed by atoms with Gasteiger partial charge >= 0.3 is 6.01 Å². The van der Waals surface area contributed by atoms with E-state index in [1.807, 2.05) is 0 Å². The molecule has 0 atom stereocenters. The maximum absolute atomic E-state index is 10.3. The third-order valence-corrected chi connectivity index (χ3v) is 1.58. The smallest absolute Gasteiger partial charge is 0.315 e. The number of rotatable bonds is 7. The van der Waals surface area contributed by atoms with E-state index in [2.05, 4.69) is 15.5 Å². The summed E-state index contributed by atoms with van der Waals surface area (Å²) in [7, 11) is 0. The van der Waals surface area contributed by atoms with Crippen molar-refractivity contribution < 1.29 is 13.9 Å². The lowest BCUT2D eigenvalue weighted by Gasteiger charge is -2.01. The zero-order valence-corrected chi connectivity index (χ0v) is 8.66. The number of aromatic nitrogens is 2. The van der Waals surface area contributed by atoms with Gasteiger partial charge in [0.1, 0.15) is 12.5 Å². The van der Waals surface area contributed by atoms with Crippen molar-refractivity contribution in [2.75, 3.05) is 25.1 Å². The predicted octanol–water partition coefficient (Wildman–Crippen LogP) is -0.278. The van der Waals surface area contributed by atoms with E-state index in [1.165, 1.54) is 0 Å². The molecule has 8 heteroatoms. The third kappa shape index (κ3) is 4.61. The number of halogens is 1. The van der Waals surface area contributed by atoms with Crippen LogP contribution in [0.15, 0.2) is 4.42 Å². The molecule has 0 saturated carbocycles. The summed E-state index contributed by atoms with van der Waals surface area (Å²) in [5, 5.41) is 10.1. The highest BCUT2D eigenvalue weighted by molar-refractivity contribution is 6.16. The minimum Gasteiger partial charge on any atom is -0.407 e. The molecule has 0 fully saturated rings. The molecule has 1 aromatic rings. The first-order valence-corrected chi connectivity index (χ1v) is 4.74. The fourth-order valence-electron chi connectivity index (χ4n) is 0.782. The summed E-state index contributed by atoms with van der Waals surface area (Å²) in [4.78, 5) is 10.3. The highest BCUT2D eigenvalue weighted by Gasteiger charge is 2.03. The molecule has 0 spiro atoms. The van der Waals surface area contributed by atoms with Gasteiger partial charge in [0.25, 0.3) is 0 Å². The maximum Gasteiger partial charge on any atom is 0.315 e. The number of ether oxygens (including phenoxy) is 1. The molecule has 15 heavy (non-hydrogen) atoms. The number of alkyl halides is 1. The Morgan fingerprint density at radius 1 is 1.60 bits per heavy atom. The van der Waals surface area contributed by atoms with Gasteiger partial charge in [0, 0.05) is 6.54 Å². The molecule has 0 saturated heterocycles. The van der Waals surface area contributed by atoms with Crippen LogP contribution in [-0.2, 0) is 15.4 Å². The molecule has 0 aliphatic carbocycles. The first-order chi connectivity index (χ1) is 7.22. The first-order valence-electron chi connectivity index (χ1n) is 4.20. The van der Waals surface area contributed by atoms with Gasteiger partial charge in [-0.05, 0) is 0 Å². The van der Waals surface area contributed by atoms with Crippen molar-refractivity contribution >= 4 is 23.5 Å². The Morgan fingerprint density at radius 3 is 3.00 bits per heavy atom. The number of primary amides is 1. The number of nitrogens with zero attached hydrogens (tertiary/aromatic N) is 2. The Kier molecular flexibility index (Phi) is 4.85. The molecule has 1 amide bonds. The van der Waals surface area contributed by atoms with Crippen molar-refractivity contribution in [2.45, 2.75) is 5.88 Å². The number of hydrogen-bond acceptors (Lipinski definition) is 6. The number of carbonyl (C=O) groups excluding carboxylic acids is 1. The molecule has 7 nitrogen and oxygen atoms in total. The van der Waals surface area contributed by atoms with E-state index in [0.29, 0.717) is 19.0 Å². The summed E-state index contributed by atoms with van der Waals surface area (Å²) in [6.07, 6.45) is 0. The second-order valence-electron chi connectivity index (χ2n) is 2.58. The van der Waals surface area contributed by atoms with E-state index in [4.69, 9.17) is 26.5 Å². The van der Waals surface area contributed by atoms with Crippen molar-refractivity contribution in [3.8, 4) is 0 Å². The van der Waals surface area contributed by atoms with E-state index in [-0.39, 0.29) is 18.5 Å². The molecule has 84 valence electrons. The summed E-state index contributed by atoms with van der Waals surface area (Å²) in [6.45, 7) is 0.664. The van der Waals surface area contributed by atoms with Crippen LogP contribution in [0.3, 0.4) is 0 Å². The second-order valence-corrected chi connectivity index (χ2v) is 2.85. The van der Waals surface area contributed by atoms with Gasteiger partial charge in [-0.1, -0.05) is 5.10 Å². The van der Waals surface area contributed by atoms with Crippen LogP contribution in [0, 0.1) is 0 Å². The summed E-state index contributed by atoms with van der Waals surface area (Å²) in [5.74, 6) is 0.0155. The Bertz CT molecular complexity index is 317. The highest BCUT2D eigenvalue weighted by atomic mass is 35.5. The number of nitrogens with one attached hydrogen (secondary N) is 1. The largest absolute Gasteiger partial charge is 0.407 e. The Balaban J connectivity index is 2.12. The van der Waals surface area contributed by atoms with Gasteiger partial charge in [-0.25, -0.2) is 0 Å². The molecule has 1 rings (SSSR count). The van der Waals surface area contributed by atoms with Gasteiger partial charge in [0.05, 0.1) is 6.61 Å². The number of carbonyl (C=O) groups is 1. The van der Waals surface area contributed by atoms with E-state index in [0.717, 1.165) is 0 Å². The average Bonchev–Trinajstić information content (AvgIpc) is 2.65. The molecule has 0 aliphatic heterocycles. The van der Waals surface area contributed by atoms with Crippen molar-refractivity contribution in [1.29, 1.82) is 0 Å². The summed E-state index contributed by atoms with van der Waals surface area (Å²) in [6, 6.07) is 0.272. The van der Waals surface area contributed by atoms with E-state index in [9.17, 15) is 4.79 Å². The molecule has 0 radical (unpaired) electrons. The minimum absolute atomic E-state index is 0.0988. The minimum atomic E-state index is -0.503. The second kappa shape index (κ2) is 6.20. The van der Waals surface area contributed by atoms with Gasteiger partial charge < -0.3 is 20.2 Å². The normalized spacial score (nSPS) is 10.2. The quantitative estimate of drug-likeness (QED) is 0.497. The van der Waals surface area contributed by atoms with E-state index >= 15 is 0 Å². The highest BCUT2D eigenvalue weighted by Crippen LogP contribution is 2.06. The Labute approximate surface area is 90.9 Å². The van der Waals surface area contributed by atoms with Crippen LogP contribution in [-0.4, -0.2) is 35.9 Å². The monoisotopic (exact) mass is 234 g/mol. The number of hydrogen-bond donors (Lipinski definition) is 2. The van der Waals surface area contributed by atoms with Crippen molar-refractivity contribution in [2.24, 2.45) is 5.73 Å². The molecule has 3 N–H and O–H groups in total. The fourth-order valence-corrected chi connectivity index (χ4v) is 0.890. The maximum atomic E-state index is 10.3. The van der Waals surface area contributed by atoms with Gasteiger partial charge in [0.15, 0.2) is 0 Å². The van der Waals surface area contributed by atoms with Gasteiger partial charge in [0.2, 0.25) is 11.8 Å². The van der Waals surface area contributed by atoms with Crippen molar-refractivity contribution in [1.82, 2.24) is 10.2 Å². The molecule has 0 unspecified atom stereocenters. The molecule has 1 heterocycles. The van der Waals surface area contributed by atoms with Crippen LogP contribution in [0.4, 0.5) is 6.01 Å². The SMILES string of the molecule is NC(=O)COCCNc1nnc(CCl)o1. The van der Waals surface area contributed by atoms with Gasteiger partial charge in [-0.2, -0.15) is 0 Å². The summed E-state index contributed by atoms with van der Waals surface area (Å²) in [5.41, 5.74) is 4.87. The molecular formula is C7H11ClN4O3. The lowest BCUT2D eigenvalue weighted by Crippen LogP contribution is -2.20. The van der Waals surface area contributed by atoms with Crippen LogP contribution in [0.2, 0.25) is 0 Å². The van der Waals surface area contributed by atoms with Crippen LogP contribution in [0.1, 0.15) is 5.89 Å². The first kappa shape index (κ1) is 11.7. The van der Waals surface area contributed by atoms with Crippen molar-refractivity contribution in [3.05, 3.63) is 5.89 Å². The standard InChI is InChI=1S/C7H11ClN4O3/c8-3-6-11-12-7(15-6)10-1-2-14-4-5(9)13/h1-4H2,(H2,9,13)(H,10,12). The topological polar surface area (TPSA) is 103 Å². The Hall–Kier alpha value is -1.34. The number of anilines is 1. The third-order valence-electron chi connectivity index (χ3n) is 1.35. The Morgan fingerprint density at radius 2 is 2.40 bits per heavy atom. The van der Waals surface area contributed by atoms with E-state index in [1.54, 1.807) is 0 Å². The average molecular weight is 235 g/mol. The number of nitrogens with two attached hydrogens (primary N) is 1. The van der Waals surface area contributed by atoms with Gasteiger partial charge in [-0.15, -0.1) is 16.7 Å². The van der Waals surface area contributed by atoms with Crippen molar-refractivity contribution in [3.63, 3.8) is 0 Å². The molecular weight excluding hydrogens is 224 g/mol. The van der Waals surface area contributed by atoms with Crippen LogP contribution < -0.4 is 11.1 Å². The van der Waals surface area contributed by atoms with Crippen LogP contribution in [0.25, 0.3) is 0 Å². The van der Waals surface area contributed by atoms with Gasteiger partial charge in [-0.3, -0.25) is 4.79 Å². The van der Waals surface area contributed by atoms with Crippen LogP contribution in [0.5, 0.6) is 0 Å². The fraction of sp³-hybridized carbons (Fsp3) is 0.571. The molecule has 0 aromatic carbocycles. The zero-order chi connectivity index (χ0) is 11.1. The van der Waals surface area contributed by atoms with E-state index < -0.39 is 5.91 Å². The predicted molar refractivity (Wildman–Crippen MR) is 52.4 cm³/mol. The summed E-state index contributed by atoms with van der Waals surface area (Å²) < 4.78 is 9.94. The number of amides is 1. The lowest BCUT2D eigenvalue weighted by atomic mass is 10.6. The summed E-state index contributed by atoms with van der Waals surface area (Å²) >= 11 is 5.46.